The van der Waals surface area contributed by atoms with Gasteiger partial charge in [-0.15, -0.1) is 11.8 Å². The number of nitrogens with two attached hydrogens (primary N) is 1. The Morgan fingerprint density at radius 2 is 2.31 bits per heavy atom. The molecule has 0 heterocycles. The lowest BCUT2D eigenvalue weighted by atomic mass is 10.4. The van der Waals surface area contributed by atoms with Crippen molar-refractivity contribution in [2.75, 3.05) is 18.6 Å². The highest BCUT2D eigenvalue weighted by atomic mass is 32.2. The van der Waals surface area contributed by atoms with E-state index in [4.69, 9.17) is 10.8 Å². The van der Waals surface area contributed by atoms with Crippen molar-refractivity contribution in [2.45, 2.75) is 6.04 Å². The number of carboxylic acid groups (broad SMARTS) is 1. The molecule has 0 radical (unpaired) electrons. The highest BCUT2D eigenvalue weighted by Crippen LogP contribution is 2.01. The van der Waals surface area contributed by atoms with E-state index in [9.17, 15) is 9.59 Å². The van der Waals surface area contributed by atoms with E-state index in [1.54, 1.807) is 0 Å². The Balaban J connectivity index is 3.55. The van der Waals surface area contributed by atoms with E-state index in [0.717, 1.165) is 11.8 Å². The van der Waals surface area contributed by atoms with Gasteiger partial charge in [0.1, 0.15) is 6.04 Å². The van der Waals surface area contributed by atoms with Crippen molar-refractivity contribution < 1.29 is 19.5 Å². The van der Waals surface area contributed by atoms with Crippen LogP contribution in [0, 0.1) is 0 Å². The van der Waals surface area contributed by atoms with Crippen LogP contribution >= 0.6 is 11.8 Å². The van der Waals surface area contributed by atoms with Gasteiger partial charge in [-0.2, -0.15) is 5.48 Å². The number of aliphatic carboxylic acids is 1. The first-order valence-corrected chi connectivity index (χ1v) is 4.66. The third-order valence-corrected chi connectivity index (χ3v) is 2.07. The second-order valence-corrected chi connectivity index (χ2v) is 3.17. The molecule has 7 heteroatoms. The summed E-state index contributed by atoms with van der Waals surface area (Å²) in [5, 5.41) is 8.28. The molecular formula is C6H12N2O4S. The molecule has 13 heavy (non-hydrogen) atoms. The number of thioether (sulfide) groups is 1. The van der Waals surface area contributed by atoms with Crippen LogP contribution in [0.5, 0.6) is 0 Å². The molecule has 0 aromatic rings. The molecule has 0 fully saturated rings. The number of hydroxylamine groups is 1. The number of nitrogens with one attached hydrogen (secondary N) is 1. The molecule has 0 aliphatic carbocycles. The highest BCUT2D eigenvalue weighted by Gasteiger charge is 2.15. The van der Waals surface area contributed by atoms with E-state index >= 15 is 0 Å². The summed E-state index contributed by atoms with van der Waals surface area (Å²) in [5.41, 5.74) is 7.55. The Morgan fingerprint density at radius 3 is 2.77 bits per heavy atom. The van der Waals surface area contributed by atoms with Crippen molar-refractivity contribution in [3.05, 3.63) is 0 Å². The summed E-state index contributed by atoms with van der Waals surface area (Å²) in [6.45, 7) is 0. The Hall–Kier alpha value is -0.790. The first-order valence-electron chi connectivity index (χ1n) is 3.50. The Bertz CT molecular complexity index is 187. The van der Waals surface area contributed by atoms with Gasteiger partial charge in [0, 0.05) is 12.8 Å². The maximum Gasteiger partial charge on any atom is 0.342 e. The molecule has 0 bridgehead atoms. The number of hydrogen-bond acceptors (Lipinski definition) is 6. The molecule has 0 spiro atoms. The number of hydrogen-bond donors (Lipinski definition) is 3. The fraction of sp³-hybridized carbons (Fsp3) is 0.667. The topological polar surface area (TPSA) is 102 Å². The van der Waals surface area contributed by atoms with Gasteiger partial charge in [0.25, 0.3) is 0 Å². The second-order valence-electron chi connectivity index (χ2n) is 2.14. The van der Waals surface area contributed by atoms with Crippen LogP contribution in [-0.2, 0) is 14.4 Å². The van der Waals surface area contributed by atoms with Crippen LogP contribution in [-0.4, -0.2) is 41.6 Å². The predicted octanol–water partition coefficient (Wildman–Crippen LogP) is -1.19. The predicted molar refractivity (Wildman–Crippen MR) is 48.1 cm³/mol. The van der Waals surface area contributed by atoms with E-state index < -0.39 is 18.0 Å². The summed E-state index contributed by atoms with van der Waals surface area (Å²) in [6.07, 6.45) is 0. The SMILES string of the molecule is CNOC(=O)[C@H](N)CSCC(=O)O. The van der Waals surface area contributed by atoms with Gasteiger partial charge in [0.2, 0.25) is 0 Å². The lowest BCUT2D eigenvalue weighted by molar-refractivity contribution is -0.150. The molecule has 0 aliphatic rings. The Morgan fingerprint density at radius 1 is 1.69 bits per heavy atom. The zero-order valence-corrected chi connectivity index (χ0v) is 7.97. The first-order chi connectivity index (χ1) is 6.07. The first kappa shape index (κ1) is 12.2. The summed E-state index contributed by atoms with van der Waals surface area (Å²) in [7, 11) is 1.44. The molecule has 0 aromatic heterocycles. The lowest BCUT2D eigenvalue weighted by Gasteiger charge is -2.08. The van der Waals surface area contributed by atoms with Gasteiger partial charge in [-0.1, -0.05) is 0 Å². The van der Waals surface area contributed by atoms with Gasteiger partial charge < -0.3 is 15.7 Å². The van der Waals surface area contributed by atoms with Crippen molar-refractivity contribution >= 4 is 23.7 Å². The van der Waals surface area contributed by atoms with Gasteiger partial charge in [-0.05, 0) is 0 Å². The van der Waals surface area contributed by atoms with E-state index in [-0.39, 0.29) is 11.5 Å². The van der Waals surface area contributed by atoms with Crippen LogP contribution in [0.15, 0.2) is 0 Å². The van der Waals surface area contributed by atoms with Crippen molar-refractivity contribution in [1.82, 2.24) is 5.48 Å². The smallest absolute Gasteiger partial charge is 0.342 e. The van der Waals surface area contributed by atoms with E-state index in [2.05, 4.69) is 10.3 Å². The van der Waals surface area contributed by atoms with Gasteiger partial charge in [-0.3, -0.25) is 4.79 Å². The molecule has 0 amide bonds. The summed E-state index contributed by atoms with van der Waals surface area (Å²) < 4.78 is 0. The Kier molecular flexibility index (Phi) is 6.29. The summed E-state index contributed by atoms with van der Waals surface area (Å²) in [6, 6.07) is -0.795. The molecule has 0 unspecified atom stereocenters. The third kappa shape index (κ3) is 6.38. The minimum absolute atomic E-state index is 0.0689. The maximum atomic E-state index is 10.8. The zero-order valence-electron chi connectivity index (χ0n) is 7.15. The van der Waals surface area contributed by atoms with Crippen LogP contribution in [0.4, 0.5) is 0 Å². The zero-order chi connectivity index (χ0) is 10.3. The molecule has 0 saturated heterocycles. The van der Waals surface area contributed by atoms with Crippen LogP contribution in [0.25, 0.3) is 0 Å². The Labute approximate surface area is 79.8 Å². The largest absolute Gasteiger partial charge is 0.481 e. The number of carbonyl (C=O) groups excluding carboxylic acids is 1. The fourth-order valence-electron chi connectivity index (χ4n) is 0.518. The quantitative estimate of drug-likeness (QED) is 0.472. The third-order valence-electron chi connectivity index (χ3n) is 1.03. The minimum Gasteiger partial charge on any atom is -0.481 e. The van der Waals surface area contributed by atoms with Gasteiger partial charge >= 0.3 is 11.9 Å². The monoisotopic (exact) mass is 208 g/mol. The summed E-state index contributed by atoms with van der Waals surface area (Å²) >= 11 is 1.07. The van der Waals surface area contributed by atoms with Crippen LogP contribution in [0.3, 0.4) is 0 Å². The van der Waals surface area contributed by atoms with Crippen LogP contribution < -0.4 is 11.2 Å². The fourth-order valence-corrected chi connectivity index (χ4v) is 1.20. The van der Waals surface area contributed by atoms with Crippen molar-refractivity contribution in [2.24, 2.45) is 5.73 Å². The summed E-state index contributed by atoms with van der Waals surface area (Å²) in [4.78, 5) is 25.3. The molecular weight excluding hydrogens is 196 g/mol. The van der Waals surface area contributed by atoms with E-state index in [0.29, 0.717) is 0 Å². The maximum absolute atomic E-state index is 10.8. The van der Waals surface area contributed by atoms with Gasteiger partial charge in [0.15, 0.2) is 0 Å². The number of carbonyl (C=O) groups is 2. The lowest BCUT2D eigenvalue weighted by Crippen LogP contribution is -2.37. The van der Waals surface area contributed by atoms with Gasteiger partial charge in [-0.25, -0.2) is 4.79 Å². The van der Waals surface area contributed by atoms with Gasteiger partial charge in [0.05, 0.1) is 5.75 Å². The molecule has 0 saturated carbocycles. The molecule has 0 rings (SSSR count). The molecule has 4 N–H and O–H groups in total. The highest BCUT2D eigenvalue weighted by molar-refractivity contribution is 8.00. The molecule has 6 nitrogen and oxygen atoms in total. The average Bonchev–Trinajstić information content (AvgIpc) is 2.04. The molecule has 1 atom stereocenters. The van der Waals surface area contributed by atoms with E-state index in [1.807, 2.05) is 0 Å². The van der Waals surface area contributed by atoms with Crippen LogP contribution in [0.2, 0.25) is 0 Å². The minimum atomic E-state index is -0.931. The summed E-state index contributed by atoms with van der Waals surface area (Å²) in [5.74, 6) is -1.37. The van der Waals surface area contributed by atoms with Crippen molar-refractivity contribution in [3.8, 4) is 0 Å². The molecule has 0 aromatic carbocycles. The second kappa shape index (κ2) is 6.70. The molecule has 0 aliphatic heterocycles. The average molecular weight is 208 g/mol. The molecule has 76 valence electrons. The van der Waals surface area contributed by atoms with Crippen LogP contribution in [0.1, 0.15) is 0 Å². The van der Waals surface area contributed by atoms with E-state index in [1.165, 1.54) is 7.05 Å². The van der Waals surface area contributed by atoms with Crippen molar-refractivity contribution in [3.63, 3.8) is 0 Å². The number of carboxylic acids is 1. The number of rotatable bonds is 6. The standard InChI is InChI=1S/C6H12N2O4S/c1-8-12-6(11)4(7)2-13-3-5(9)10/h4,8H,2-3,7H2,1H3,(H,9,10)/t4-/m1/s1. The normalized spacial score (nSPS) is 12.2. The van der Waals surface area contributed by atoms with Crippen molar-refractivity contribution in [1.29, 1.82) is 0 Å².